The van der Waals surface area contributed by atoms with Gasteiger partial charge in [0.2, 0.25) is 0 Å². The Kier molecular flexibility index (Phi) is 7.56. The molecule has 0 radical (unpaired) electrons. The predicted octanol–water partition coefficient (Wildman–Crippen LogP) is 5.92. The van der Waals surface area contributed by atoms with E-state index in [2.05, 4.69) is 16.7 Å². The van der Waals surface area contributed by atoms with E-state index in [1.54, 1.807) is 4.90 Å². The number of piperidine rings is 1. The van der Waals surface area contributed by atoms with Crippen LogP contribution in [0.5, 0.6) is 0 Å². The van der Waals surface area contributed by atoms with Crippen LogP contribution in [0.3, 0.4) is 0 Å². The lowest BCUT2D eigenvalue weighted by molar-refractivity contribution is -0.137. The van der Waals surface area contributed by atoms with Crippen LogP contribution in [-0.4, -0.2) is 59.8 Å². The lowest BCUT2D eigenvalue weighted by Gasteiger charge is -2.46. The minimum atomic E-state index is -4.37. The molecule has 0 bridgehead atoms. The van der Waals surface area contributed by atoms with Crippen LogP contribution < -0.4 is 4.90 Å². The molecule has 0 N–H and O–H groups in total. The van der Waals surface area contributed by atoms with Crippen molar-refractivity contribution in [3.63, 3.8) is 0 Å². The number of nitrogens with zero attached hydrogens (tertiary/aromatic N) is 3. The Balaban J connectivity index is 1.75. The number of rotatable bonds is 5. The predicted molar refractivity (Wildman–Crippen MR) is 124 cm³/mol. The molecule has 2 heterocycles. The minimum absolute atomic E-state index is 0.199. The van der Waals surface area contributed by atoms with E-state index < -0.39 is 17.3 Å². The number of carbonyl (C=O) groups is 1. The highest BCUT2D eigenvalue weighted by Gasteiger charge is 2.38. The number of benzene rings is 1. The lowest BCUT2D eigenvalue weighted by atomic mass is 9.87. The van der Waals surface area contributed by atoms with Crippen LogP contribution in [0, 0.1) is 0 Å². The van der Waals surface area contributed by atoms with Gasteiger partial charge in [0.1, 0.15) is 5.60 Å². The van der Waals surface area contributed by atoms with E-state index in [0.29, 0.717) is 30.9 Å². The molecule has 33 heavy (non-hydrogen) atoms. The summed E-state index contributed by atoms with van der Waals surface area (Å²) in [6.07, 6.45) is -1.15. The SMILES string of the molecule is CCN(Cc1cc(N2CCCC2)cc(C(F)(F)F)c1)C1(C)CCN(C(=O)OC(C)(C)C)CC1. The second-order valence-corrected chi connectivity index (χ2v) is 10.6. The Hall–Kier alpha value is -1.96. The number of hydrogen-bond donors (Lipinski definition) is 0. The normalized spacial score (nSPS) is 19.3. The summed E-state index contributed by atoms with van der Waals surface area (Å²) in [4.78, 5) is 18.5. The van der Waals surface area contributed by atoms with Crippen molar-refractivity contribution in [2.45, 2.75) is 84.2 Å². The van der Waals surface area contributed by atoms with Gasteiger partial charge in [-0.15, -0.1) is 0 Å². The first-order chi connectivity index (χ1) is 15.3. The van der Waals surface area contributed by atoms with Crippen molar-refractivity contribution in [1.82, 2.24) is 9.80 Å². The number of carbonyl (C=O) groups excluding carboxylic acids is 1. The maximum atomic E-state index is 13.6. The molecule has 8 heteroatoms. The van der Waals surface area contributed by atoms with Crippen LogP contribution in [0.4, 0.5) is 23.7 Å². The van der Waals surface area contributed by atoms with Gasteiger partial charge in [0.25, 0.3) is 0 Å². The Morgan fingerprint density at radius 3 is 2.18 bits per heavy atom. The van der Waals surface area contributed by atoms with Crippen molar-refractivity contribution in [2.75, 3.05) is 37.6 Å². The summed E-state index contributed by atoms with van der Waals surface area (Å²) in [5.74, 6) is 0. The number of halogens is 3. The zero-order valence-electron chi connectivity index (χ0n) is 20.6. The fourth-order valence-electron chi connectivity index (χ4n) is 4.81. The van der Waals surface area contributed by atoms with Crippen molar-refractivity contribution in [3.8, 4) is 0 Å². The van der Waals surface area contributed by atoms with Crippen molar-refractivity contribution >= 4 is 11.8 Å². The van der Waals surface area contributed by atoms with Gasteiger partial charge in [-0.3, -0.25) is 4.90 Å². The monoisotopic (exact) mass is 469 g/mol. The molecule has 0 spiro atoms. The molecular formula is C25H38F3N3O2. The third-order valence-corrected chi connectivity index (χ3v) is 6.79. The number of alkyl halides is 3. The van der Waals surface area contributed by atoms with Gasteiger partial charge >= 0.3 is 12.3 Å². The number of anilines is 1. The Labute approximate surface area is 195 Å². The van der Waals surface area contributed by atoms with Gasteiger partial charge in [-0.1, -0.05) is 6.92 Å². The molecule has 0 atom stereocenters. The van der Waals surface area contributed by atoms with Gasteiger partial charge in [-0.05, 0) is 83.7 Å². The summed E-state index contributed by atoms with van der Waals surface area (Å²) in [5, 5.41) is 0. The van der Waals surface area contributed by atoms with E-state index >= 15 is 0 Å². The molecule has 0 aromatic heterocycles. The molecule has 1 amide bonds. The Morgan fingerprint density at radius 2 is 1.67 bits per heavy atom. The topological polar surface area (TPSA) is 36.0 Å². The number of amides is 1. The molecule has 1 aromatic rings. The third-order valence-electron chi connectivity index (χ3n) is 6.79. The number of hydrogen-bond acceptors (Lipinski definition) is 4. The van der Waals surface area contributed by atoms with Crippen molar-refractivity contribution in [1.29, 1.82) is 0 Å². The molecule has 0 saturated carbocycles. The average molecular weight is 470 g/mol. The maximum absolute atomic E-state index is 13.6. The number of likely N-dealkylation sites (tertiary alicyclic amines) is 1. The second-order valence-electron chi connectivity index (χ2n) is 10.6. The highest BCUT2D eigenvalue weighted by molar-refractivity contribution is 5.68. The Bertz CT molecular complexity index is 821. The molecule has 0 unspecified atom stereocenters. The summed E-state index contributed by atoms with van der Waals surface area (Å²) < 4.78 is 46.4. The first kappa shape index (κ1) is 25.7. The first-order valence-electron chi connectivity index (χ1n) is 12.0. The summed E-state index contributed by atoms with van der Waals surface area (Å²) in [7, 11) is 0. The maximum Gasteiger partial charge on any atom is 0.416 e. The van der Waals surface area contributed by atoms with Crippen LogP contribution in [0.2, 0.25) is 0 Å². The summed E-state index contributed by atoms with van der Waals surface area (Å²) in [5.41, 5.74) is 0.0320. The van der Waals surface area contributed by atoms with Gasteiger partial charge in [0, 0.05) is 44.0 Å². The molecule has 2 aliphatic heterocycles. The van der Waals surface area contributed by atoms with Crippen LogP contribution in [0.1, 0.15) is 71.4 Å². The molecule has 3 rings (SSSR count). The third kappa shape index (κ3) is 6.55. The highest BCUT2D eigenvalue weighted by Crippen LogP contribution is 2.36. The van der Waals surface area contributed by atoms with Gasteiger partial charge in [0.15, 0.2) is 0 Å². The van der Waals surface area contributed by atoms with Crippen molar-refractivity contribution in [2.24, 2.45) is 0 Å². The smallest absolute Gasteiger partial charge is 0.416 e. The van der Waals surface area contributed by atoms with Crippen LogP contribution in [-0.2, 0) is 17.5 Å². The van der Waals surface area contributed by atoms with E-state index in [1.807, 2.05) is 33.8 Å². The van der Waals surface area contributed by atoms with E-state index in [4.69, 9.17) is 4.74 Å². The zero-order valence-corrected chi connectivity index (χ0v) is 20.6. The molecule has 2 aliphatic rings. The molecular weight excluding hydrogens is 431 g/mol. The van der Waals surface area contributed by atoms with Gasteiger partial charge < -0.3 is 14.5 Å². The fourth-order valence-corrected chi connectivity index (χ4v) is 4.81. The molecule has 5 nitrogen and oxygen atoms in total. The van der Waals surface area contributed by atoms with E-state index in [9.17, 15) is 18.0 Å². The molecule has 2 saturated heterocycles. The largest absolute Gasteiger partial charge is 0.444 e. The van der Waals surface area contributed by atoms with Gasteiger partial charge in [-0.25, -0.2) is 4.79 Å². The second kappa shape index (κ2) is 9.72. The summed E-state index contributed by atoms with van der Waals surface area (Å²) >= 11 is 0. The van der Waals surface area contributed by atoms with Crippen LogP contribution in [0.25, 0.3) is 0 Å². The van der Waals surface area contributed by atoms with Crippen LogP contribution >= 0.6 is 0 Å². The van der Waals surface area contributed by atoms with E-state index in [0.717, 1.165) is 45.3 Å². The molecule has 0 aliphatic carbocycles. The molecule has 2 fully saturated rings. The zero-order chi connectivity index (χ0) is 24.4. The summed E-state index contributed by atoms with van der Waals surface area (Å²) in [6, 6.07) is 4.50. The molecule has 1 aromatic carbocycles. The lowest BCUT2D eigenvalue weighted by Crippen LogP contribution is -2.54. The van der Waals surface area contributed by atoms with Crippen molar-refractivity contribution < 1.29 is 22.7 Å². The van der Waals surface area contributed by atoms with E-state index in [-0.39, 0.29) is 11.6 Å². The fraction of sp³-hybridized carbons (Fsp3) is 0.720. The summed E-state index contributed by atoms with van der Waals surface area (Å²) in [6.45, 7) is 13.7. The van der Waals surface area contributed by atoms with Gasteiger partial charge in [-0.2, -0.15) is 13.2 Å². The quantitative estimate of drug-likeness (QED) is 0.537. The molecule has 186 valence electrons. The first-order valence-corrected chi connectivity index (χ1v) is 12.0. The minimum Gasteiger partial charge on any atom is -0.444 e. The van der Waals surface area contributed by atoms with Gasteiger partial charge in [0.05, 0.1) is 5.56 Å². The van der Waals surface area contributed by atoms with E-state index in [1.165, 1.54) is 12.1 Å². The van der Waals surface area contributed by atoms with Crippen LogP contribution in [0.15, 0.2) is 18.2 Å². The standard InChI is InChI=1S/C25H38F3N3O2/c1-6-31(24(5)9-13-30(14-10-24)22(32)33-23(2,3)4)18-19-15-20(25(26,27)28)17-21(16-19)29-11-7-8-12-29/h15-17H,6-14,18H2,1-5H3. The Morgan fingerprint density at radius 1 is 1.06 bits per heavy atom. The average Bonchev–Trinajstić information content (AvgIpc) is 3.25. The van der Waals surface area contributed by atoms with Crippen molar-refractivity contribution in [3.05, 3.63) is 29.3 Å². The number of ether oxygens (including phenoxy) is 1. The highest BCUT2D eigenvalue weighted by atomic mass is 19.4.